The van der Waals surface area contributed by atoms with E-state index in [1.54, 1.807) is 12.1 Å². The van der Waals surface area contributed by atoms with E-state index >= 15 is 0 Å². The number of non-ortho nitro benzene ring substituents is 1. The summed E-state index contributed by atoms with van der Waals surface area (Å²) in [6.07, 6.45) is 0.763. The maximum absolute atomic E-state index is 13.7. The zero-order valence-corrected chi connectivity index (χ0v) is 17.3. The van der Waals surface area contributed by atoms with Gasteiger partial charge in [0.15, 0.2) is 0 Å². The van der Waals surface area contributed by atoms with E-state index in [9.17, 15) is 19.7 Å². The summed E-state index contributed by atoms with van der Waals surface area (Å²) in [5.41, 5.74) is 4.47. The van der Waals surface area contributed by atoms with Crippen LogP contribution in [0.1, 0.15) is 16.7 Å². The summed E-state index contributed by atoms with van der Waals surface area (Å²) in [5, 5.41) is 11.1. The van der Waals surface area contributed by atoms with Gasteiger partial charge in [0.2, 0.25) is 0 Å². The molecule has 3 aromatic carbocycles. The Morgan fingerprint density at radius 1 is 0.875 bits per heavy atom. The van der Waals surface area contributed by atoms with Crippen molar-refractivity contribution >= 4 is 34.4 Å². The molecule has 0 saturated heterocycles. The van der Waals surface area contributed by atoms with Crippen molar-refractivity contribution < 1.29 is 14.5 Å². The minimum atomic E-state index is -0.490. The third-order valence-electron chi connectivity index (χ3n) is 5.88. The van der Waals surface area contributed by atoms with Crippen molar-refractivity contribution in [2.45, 2.75) is 13.3 Å². The highest BCUT2D eigenvalue weighted by molar-refractivity contribution is 6.46. The molecule has 7 heteroatoms. The van der Waals surface area contributed by atoms with Gasteiger partial charge in [-0.25, -0.2) is 4.90 Å². The molecule has 2 aliphatic heterocycles. The molecule has 0 fully saturated rings. The van der Waals surface area contributed by atoms with Gasteiger partial charge in [-0.2, -0.15) is 0 Å². The second kappa shape index (κ2) is 7.46. The quantitative estimate of drug-likeness (QED) is 0.354. The molecule has 32 heavy (non-hydrogen) atoms. The van der Waals surface area contributed by atoms with E-state index in [0.717, 1.165) is 23.2 Å². The van der Waals surface area contributed by atoms with Crippen LogP contribution in [0, 0.1) is 17.0 Å². The molecule has 0 atom stereocenters. The third kappa shape index (κ3) is 3.06. The number of para-hydroxylation sites is 1. The Hall–Kier alpha value is -4.26. The lowest BCUT2D eigenvalue weighted by molar-refractivity contribution is -0.384. The van der Waals surface area contributed by atoms with Crippen LogP contribution in [0.5, 0.6) is 0 Å². The molecule has 0 aromatic heterocycles. The third-order valence-corrected chi connectivity index (χ3v) is 5.88. The lowest BCUT2D eigenvalue weighted by Crippen LogP contribution is -2.34. The molecule has 0 radical (unpaired) electrons. The van der Waals surface area contributed by atoms with E-state index in [-0.39, 0.29) is 11.3 Å². The Morgan fingerprint density at radius 3 is 2.25 bits per heavy atom. The van der Waals surface area contributed by atoms with Gasteiger partial charge in [0.1, 0.15) is 5.70 Å². The normalized spacial score (nSPS) is 15.5. The molecule has 0 N–H and O–H groups in total. The minimum Gasteiger partial charge on any atom is -0.336 e. The van der Waals surface area contributed by atoms with Gasteiger partial charge in [0.25, 0.3) is 17.5 Å². The van der Waals surface area contributed by atoms with Gasteiger partial charge in [-0.15, -0.1) is 0 Å². The highest BCUT2D eigenvalue weighted by Gasteiger charge is 2.44. The van der Waals surface area contributed by atoms with Gasteiger partial charge in [0, 0.05) is 24.4 Å². The van der Waals surface area contributed by atoms with Crippen LogP contribution >= 0.6 is 0 Å². The van der Waals surface area contributed by atoms with Crippen LogP contribution in [0.3, 0.4) is 0 Å². The van der Waals surface area contributed by atoms with Crippen LogP contribution in [-0.4, -0.2) is 23.3 Å². The Kier molecular flexibility index (Phi) is 4.59. The first-order valence-corrected chi connectivity index (χ1v) is 10.3. The molecule has 2 heterocycles. The minimum absolute atomic E-state index is 0.0745. The lowest BCUT2D eigenvalue weighted by Gasteiger charge is -2.22. The molecular weight excluding hydrogens is 406 g/mol. The second-order valence-electron chi connectivity index (χ2n) is 7.84. The number of hydrogen-bond donors (Lipinski definition) is 0. The van der Waals surface area contributed by atoms with Gasteiger partial charge < -0.3 is 4.90 Å². The van der Waals surface area contributed by atoms with Gasteiger partial charge in [-0.05, 0) is 54.8 Å². The summed E-state index contributed by atoms with van der Waals surface area (Å²) in [6, 6.07) is 20.8. The number of anilines is 2. The predicted molar refractivity (Wildman–Crippen MR) is 121 cm³/mol. The zero-order valence-electron chi connectivity index (χ0n) is 17.3. The fraction of sp³-hybridized carbons (Fsp3) is 0.120. The topological polar surface area (TPSA) is 83.8 Å². The van der Waals surface area contributed by atoms with Crippen LogP contribution in [-0.2, 0) is 16.0 Å². The number of fused-ring (bicyclic) bond motifs is 1. The fourth-order valence-corrected chi connectivity index (χ4v) is 4.28. The summed E-state index contributed by atoms with van der Waals surface area (Å²) in [5.74, 6) is -0.837. The summed E-state index contributed by atoms with van der Waals surface area (Å²) < 4.78 is 0. The van der Waals surface area contributed by atoms with Crippen molar-refractivity contribution in [3.8, 4) is 0 Å². The van der Waals surface area contributed by atoms with Crippen molar-refractivity contribution in [1.29, 1.82) is 0 Å². The Morgan fingerprint density at radius 2 is 1.56 bits per heavy atom. The van der Waals surface area contributed by atoms with E-state index in [2.05, 4.69) is 0 Å². The number of carbonyl (C=O) groups excluding carboxylic acids is 2. The SMILES string of the molecule is Cc1ccc(N2C(=O)C(c3ccc([N+](=O)[O-])cc3)=C(N3CCc4ccccc43)C2=O)cc1. The first-order valence-electron chi connectivity index (χ1n) is 10.3. The average Bonchev–Trinajstić information content (AvgIpc) is 3.32. The molecule has 158 valence electrons. The molecule has 0 unspecified atom stereocenters. The van der Waals surface area contributed by atoms with E-state index in [4.69, 9.17) is 0 Å². The zero-order chi connectivity index (χ0) is 22.4. The maximum atomic E-state index is 13.7. The van der Waals surface area contributed by atoms with Crippen LogP contribution in [0.25, 0.3) is 5.57 Å². The second-order valence-corrected chi connectivity index (χ2v) is 7.84. The van der Waals surface area contributed by atoms with E-state index in [1.165, 1.54) is 29.2 Å². The number of carbonyl (C=O) groups is 2. The molecule has 5 rings (SSSR count). The van der Waals surface area contributed by atoms with Crippen molar-refractivity contribution in [2.75, 3.05) is 16.3 Å². The number of hydrogen-bond acceptors (Lipinski definition) is 5. The Balaban J connectivity index is 1.67. The number of amides is 2. The predicted octanol–water partition coefficient (Wildman–Crippen LogP) is 4.25. The van der Waals surface area contributed by atoms with E-state index < -0.39 is 16.7 Å². The van der Waals surface area contributed by atoms with Crippen molar-refractivity contribution in [2.24, 2.45) is 0 Å². The van der Waals surface area contributed by atoms with Gasteiger partial charge in [-0.3, -0.25) is 19.7 Å². The highest BCUT2D eigenvalue weighted by Crippen LogP contribution is 2.40. The first-order chi connectivity index (χ1) is 15.5. The van der Waals surface area contributed by atoms with Crippen LogP contribution in [0.15, 0.2) is 78.5 Å². The molecular formula is C25H19N3O4. The first kappa shape index (κ1) is 19.7. The number of benzene rings is 3. The fourth-order valence-electron chi connectivity index (χ4n) is 4.28. The van der Waals surface area contributed by atoms with Crippen LogP contribution in [0.2, 0.25) is 0 Å². The summed E-state index contributed by atoms with van der Waals surface area (Å²) >= 11 is 0. The van der Waals surface area contributed by atoms with E-state index in [1.807, 2.05) is 48.2 Å². The lowest BCUT2D eigenvalue weighted by atomic mass is 10.0. The Bertz CT molecular complexity index is 1290. The van der Waals surface area contributed by atoms with Crippen molar-refractivity contribution in [1.82, 2.24) is 0 Å². The number of nitro benzene ring substituents is 1. The number of nitro groups is 1. The number of imide groups is 1. The van der Waals surface area contributed by atoms with Gasteiger partial charge >= 0.3 is 0 Å². The summed E-state index contributed by atoms with van der Waals surface area (Å²) in [6.45, 7) is 2.51. The largest absolute Gasteiger partial charge is 0.336 e. The summed E-state index contributed by atoms with van der Waals surface area (Å²) in [7, 11) is 0. The molecule has 0 spiro atoms. The standard InChI is InChI=1S/C25H19N3O4/c1-16-6-10-19(11-7-16)27-24(29)22(18-8-12-20(13-9-18)28(31)32)23(25(27)30)26-15-14-17-4-2-3-5-21(17)26/h2-13H,14-15H2,1H3. The molecule has 2 amide bonds. The van der Waals surface area contributed by atoms with Crippen molar-refractivity contribution in [3.63, 3.8) is 0 Å². The number of aryl methyl sites for hydroxylation is 1. The average molecular weight is 425 g/mol. The summed E-state index contributed by atoms with van der Waals surface area (Å²) in [4.78, 5) is 40.9. The molecule has 0 saturated carbocycles. The number of rotatable bonds is 4. The van der Waals surface area contributed by atoms with Crippen LogP contribution in [0.4, 0.5) is 17.1 Å². The monoisotopic (exact) mass is 425 g/mol. The van der Waals surface area contributed by atoms with Crippen molar-refractivity contribution in [3.05, 3.63) is 105 Å². The maximum Gasteiger partial charge on any atom is 0.282 e. The van der Waals surface area contributed by atoms with Gasteiger partial charge in [0.05, 0.1) is 16.2 Å². The molecule has 0 bridgehead atoms. The molecule has 2 aliphatic rings. The molecule has 7 nitrogen and oxygen atoms in total. The number of nitrogens with zero attached hydrogens (tertiary/aromatic N) is 3. The van der Waals surface area contributed by atoms with Gasteiger partial charge in [-0.1, -0.05) is 35.9 Å². The molecule has 3 aromatic rings. The van der Waals surface area contributed by atoms with Crippen LogP contribution < -0.4 is 9.80 Å². The highest BCUT2D eigenvalue weighted by atomic mass is 16.6. The Labute approximate surface area is 184 Å². The smallest absolute Gasteiger partial charge is 0.282 e. The molecule has 0 aliphatic carbocycles. The van der Waals surface area contributed by atoms with E-state index in [0.29, 0.717) is 23.5 Å².